The van der Waals surface area contributed by atoms with Crippen molar-refractivity contribution in [2.45, 2.75) is 20.0 Å². The molecule has 1 amide bonds. The number of amides is 1. The number of carbonyl (C=O) groups excluding carboxylic acids is 1. The van der Waals surface area contributed by atoms with E-state index in [2.05, 4.69) is 15.5 Å². The van der Waals surface area contributed by atoms with Gasteiger partial charge in [0.1, 0.15) is 10.8 Å². The van der Waals surface area contributed by atoms with Gasteiger partial charge < -0.3 is 4.74 Å². The Morgan fingerprint density at radius 2 is 1.83 bits per heavy atom. The second-order valence-electron chi connectivity index (χ2n) is 7.14. The first-order chi connectivity index (χ1) is 14.2. The van der Waals surface area contributed by atoms with Crippen molar-refractivity contribution in [2.75, 3.05) is 22.4 Å². The van der Waals surface area contributed by atoms with Gasteiger partial charge in [-0.1, -0.05) is 47.2 Å². The van der Waals surface area contributed by atoms with Crippen LogP contribution in [0.5, 0.6) is 5.75 Å². The van der Waals surface area contributed by atoms with Crippen LogP contribution in [0.1, 0.15) is 11.1 Å². The molecule has 10 heteroatoms. The molecule has 4 rings (SSSR count). The highest BCUT2D eigenvalue weighted by Crippen LogP contribution is 2.36. The van der Waals surface area contributed by atoms with Crippen LogP contribution in [-0.4, -0.2) is 43.4 Å². The van der Waals surface area contributed by atoms with Gasteiger partial charge in [0.05, 0.1) is 18.5 Å². The molecule has 0 radical (unpaired) electrons. The van der Waals surface area contributed by atoms with Crippen LogP contribution in [0.3, 0.4) is 0 Å². The third kappa shape index (κ3) is 4.14. The fraction of sp³-hybridized carbons (Fsp3) is 0.250. The van der Waals surface area contributed by atoms with Gasteiger partial charge in [-0.3, -0.25) is 14.4 Å². The van der Waals surface area contributed by atoms with Crippen molar-refractivity contribution in [2.24, 2.45) is 0 Å². The minimum absolute atomic E-state index is 0.120. The molecule has 2 heterocycles. The van der Waals surface area contributed by atoms with E-state index < -0.39 is 22.0 Å². The zero-order chi connectivity index (χ0) is 21.5. The Morgan fingerprint density at radius 3 is 2.53 bits per heavy atom. The zero-order valence-electron chi connectivity index (χ0n) is 16.6. The summed E-state index contributed by atoms with van der Waals surface area (Å²) in [5, 5.41) is 11.8. The molecule has 1 N–H and O–H groups in total. The molecule has 1 aliphatic heterocycles. The number of carbonyl (C=O) groups is 1. The number of anilines is 2. The molecule has 1 atom stereocenters. The van der Waals surface area contributed by atoms with Crippen molar-refractivity contribution in [1.82, 2.24) is 10.2 Å². The van der Waals surface area contributed by atoms with Crippen LogP contribution in [-0.2, 0) is 14.8 Å². The number of rotatable bonds is 4. The van der Waals surface area contributed by atoms with Gasteiger partial charge in [-0.25, -0.2) is 8.42 Å². The lowest BCUT2D eigenvalue weighted by molar-refractivity contribution is -0.122. The summed E-state index contributed by atoms with van der Waals surface area (Å²) in [6.45, 7) is 3.74. The summed E-state index contributed by atoms with van der Waals surface area (Å²) in [6.07, 6.45) is 0.0968. The third-order valence-electron chi connectivity index (χ3n) is 4.63. The third-order valence-corrected chi connectivity index (χ3v) is 6.66. The van der Waals surface area contributed by atoms with Gasteiger partial charge in [0, 0.05) is 5.56 Å². The van der Waals surface area contributed by atoms with Gasteiger partial charge in [-0.2, -0.15) is 0 Å². The van der Waals surface area contributed by atoms with Crippen molar-refractivity contribution in [1.29, 1.82) is 0 Å². The average molecular weight is 445 g/mol. The molecule has 2 aromatic carbocycles. The molecule has 8 nitrogen and oxygen atoms in total. The molecule has 0 bridgehead atoms. The van der Waals surface area contributed by atoms with Crippen LogP contribution < -0.4 is 14.4 Å². The van der Waals surface area contributed by atoms with E-state index in [1.54, 1.807) is 18.2 Å². The predicted molar refractivity (Wildman–Crippen MR) is 116 cm³/mol. The molecule has 3 aromatic rings. The second kappa shape index (κ2) is 7.69. The van der Waals surface area contributed by atoms with Gasteiger partial charge in [0.2, 0.25) is 15.2 Å². The summed E-state index contributed by atoms with van der Waals surface area (Å²) in [5.41, 5.74) is 3.36. The quantitative estimate of drug-likeness (QED) is 0.664. The highest BCUT2D eigenvalue weighted by molar-refractivity contribution is 7.92. The number of fused-ring (bicyclic) bond motifs is 1. The predicted octanol–water partition coefficient (Wildman–Crippen LogP) is 2.99. The summed E-state index contributed by atoms with van der Waals surface area (Å²) >= 11 is 1.24. The Labute approximate surface area is 178 Å². The Kier molecular flexibility index (Phi) is 5.20. The Hall–Kier alpha value is -2.98. The minimum atomic E-state index is -3.58. The molecular formula is C20H20N4O4S2. The molecule has 0 spiro atoms. The molecular weight excluding hydrogens is 424 g/mol. The van der Waals surface area contributed by atoms with E-state index in [4.69, 9.17) is 4.74 Å². The van der Waals surface area contributed by atoms with E-state index in [1.807, 2.05) is 38.1 Å². The second-order valence-corrected chi connectivity index (χ2v) is 10.0. The molecule has 1 aromatic heterocycles. The van der Waals surface area contributed by atoms with Crippen LogP contribution in [0, 0.1) is 13.8 Å². The van der Waals surface area contributed by atoms with Gasteiger partial charge in [-0.05, 0) is 31.5 Å². The first kappa shape index (κ1) is 20.3. The van der Waals surface area contributed by atoms with Gasteiger partial charge in [-0.15, -0.1) is 10.2 Å². The topological polar surface area (TPSA) is 101 Å². The summed E-state index contributed by atoms with van der Waals surface area (Å²) in [4.78, 5) is 12.8. The lowest BCUT2D eigenvalue weighted by Crippen LogP contribution is -2.48. The fourth-order valence-corrected chi connectivity index (χ4v) is 4.74. The average Bonchev–Trinajstić information content (AvgIpc) is 3.15. The van der Waals surface area contributed by atoms with E-state index in [-0.39, 0.29) is 6.54 Å². The van der Waals surface area contributed by atoms with Crippen molar-refractivity contribution in [3.63, 3.8) is 0 Å². The van der Waals surface area contributed by atoms with E-state index in [1.165, 1.54) is 15.6 Å². The van der Waals surface area contributed by atoms with Gasteiger partial charge >= 0.3 is 0 Å². The molecule has 0 saturated heterocycles. The fourth-order valence-electron chi connectivity index (χ4n) is 3.08. The number of hydrogen-bond acceptors (Lipinski definition) is 7. The number of hydrogen-bond donors (Lipinski definition) is 1. The molecule has 0 fully saturated rings. The SMILES string of the molecule is Cc1ccc(-c2nnc(NC(=O)[C@H]3CN(S(C)(=O)=O)c4cc(C)ccc4O3)s2)cc1. The van der Waals surface area contributed by atoms with Crippen LogP contribution in [0.25, 0.3) is 10.6 Å². The van der Waals surface area contributed by atoms with Crippen molar-refractivity contribution in [3.8, 4) is 16.3 Å². The summed E-state index contributed by atoms with van der Waals surface area (Å²) in [7, 11) is -3.58. The first-order valence-electron chi connectivity index (χ1n) is 9.17. The van der Waals surface area contributed by atoms with Crippen LogP contribution >= 0.6 is 11.3 Å². The molecule has 0 unspecified atom stereocenters. The monoisotopic (exact) mass is 444 g/mol. The minimum Gasteiger partial charge on any atom is -0.476 e. The molecule has 30 heavy (non-hydrogen) atoms. The number of sulfonamides is 1. The number of benzene rings is 2. The molecule has 0 aliphatic carbocycles. The Bertz CT molecular complexity index is 1210. The highest BCUT2D eigenvalue weighted by atomic mass is 32.2. The van der Waals surface area contributed by atoms with Crippen LogP contribution in [0.2, 0.25) is 0 Å². The number of ether oxygens (including phenoxy) is 1. The number of nitrogens with one attached hydrogen (secondary N) is 1. The van der Waals surface area contributed by atoms with E-state index in [0.717, 1.165) is 22.9 Å². The van der Waals surface area contributed by atoms with Crippen LogP contribution in [0.4, 0.5) is 10.8 Å². The number of nitrogens with zero attached hydrogens (tertiary/aromatic N) is 3. The largest absolute Gasteiger partial charge is 0.476 e. The normalized spacial score (nSPS) is 16.0. The maximum Gasteiger partial charge on any atom is 0.269 e. The summed E-state index contributed by atoms with van der Waals surface area (Å²) in [5.74, 6) is -0.142. The van der Waals surface area contributed by atoms with Gasteiger partial charge in [0.25, 0.3) is 5.91 Å². The van der Waals surface area contributed by atoms with E-state index in [9.17, 15) is 13.2 Å². The van der Waals surface area contributed by atoms with E-state index in [0.29, 0.717) is 21.6 Å². The number of aryl methyl sites for hydroxylation is 2. The molecule has 156 valence electrons. The summed E-state index contributed by atoms with van der Waals surface area (Å²) < 4.78 is 31.6. The van der Waals surface area contributed by atoms with Crippen LogP contribution in [0.15, 0.2) is 42.5 Å². The Morgan fingerprint density at radius 1 is 1.13 bits per heavy atom. The maximum atomic E-state index is 12.8. The van der Waals surface area contributed by atoms with Crippen molar-refractivity contribution in [3.05, 3.63) is 53.6 Å². The Balaban J connectivity index is 1.54. The lowest BCUT2D eigenvalue weighted by Gasteiger charge is -2.34. The standard InChI is InChI=1S/C20H20N4O4S2/c1-12-4-7-14(8-5-12)19-22-23-20(29-19)21-18(25)17-11-24(30(3,26)27)15-10-13(2)6-9-16(15)28-17/h4-10,17H,11H2,1-3H3,(H,21,23,25)/t17-/m1/s1. The summed E-state index contributed by atoms with van der Waals surface area (Å²) in [6, 6.07) is 13.0. The van der Waals surface area contributed by atoms with Crippen molar-refractivity contribution < 1.29 is 17.9 Å². The van der Waals surface area contributed by atoms with E-state index >= 15 is 0 Å². The lowest BCUT2D eigenvalue weighted by atomic mass is 10.1. The smallest absolute Gasteiger partial charge is 0.269 e. The van der Waals surface area contributed by atoms with Gasteiger partial charge in [0.15, 0.2) is 6.10 Å². The molecule has 0 saturated carbocycles. The number of aromatic nitrogens is 2. The highest BCUT2D eigenvalue weighted by Gasteiger charge is 2.35. The molecule has 1 aliphatic rings. The first-order valence-corrected chi connectivity index (χ1v) is 11.8. The zero-order valence-corrected chi connectivity index (χ0v) is 18.3. The van der Waals surface area contributed by atoms with Crippen molar-refractivity contribution >= 4 is 38.1 Å². The maximum absolute atomic E-state index is 12.8.